The van der Waals surface area contributed by atoms with Gasteiger partial charge in [-0.1, -0.05) is 31.8 Å². The van der Waals surface area contributed by atoms with Crippen LogP contribution in [0.4, 0.5) is 0 Å². The van der Waals surface area contributed by atoms with Crippen LogP contribution in [-0.4, -0.2) is 38.8 Å². The van der Waals surface area contributed by atoms with Crippen LogP contribution in [-0.2, 0) is 20.8 Å². The lowest BCUT2D eigenvalue weighted by Gasteiger charge is -2.19. The smallest absolute Gasteiger partial charge is 0.338 e. The molecule has 0 unspecified atom stereocenters. The van der Waals surface area contributed by atoms with Crippen LogP contribution >= 0.6 is 0 Å². The molecule has 1 rings (SSSR count). The molecule has 0 fully saturated rings. The van der Waals surface area contributed by atoms with E-state index in [4.69, 9.17) is 9.47 Å². The van der Waals surface area contributed by atoms with Crippen LogP contribution in [0.5, 0.6) is 0 Å². The monoisotopic (exact) mass is 365 g/mol. The summed E-state index contributed by atoms with van der Waals surface area (Å²) in [6.45, 7) is 13.4. The number of hydrogen-bond acceptors (Lipinski definition) is 5. The average molecular weight is 366 g/mol. The largest absolute Gasteiger partial charge is 0.465 e. The minimum absolute atomic E-state index is 0.155. The normalized spacial score (nSPS) is 11.9. The first-order chi connectivity index (χ1) is 11.5. The zero-order chi connectivity index (χ0) is 19.1. The Hall–Kier alpha value is -1.66. The van der Waals surface area contributed by atoms with Crippen LogP contribution in [0.1, 0.15) is 36.7 Å². The number of rotatable bonds is 8. The predicted molar refractivity (Wildman–Crippen MR) is 102 cm³/mol. The Labute approximate surface area is 152 Å². The number of hydrogen-bond donors (Lipinski definition) is 1. The van der Waals surface area contributed by atoms with Gasteiger partial charge in [0.1, 0.15) is 5.60 Å². The van der Waals surface area contributed by atoms with Gasteiger partial charge in [0.25, 0.3) is 0 Å². The number of carbonyl (C=O) groups is 2. The third-order valence-corrected chi connectivity index (χ3v) is 4.98. The van der Waals surface area contributed by atoms with Crippen molar-refractivity contribution in [3.63, 3.8) is 0 Å². The lowest BCUT2D eigenvalue weighted by molar-refractivity contribution is -0.142. The fourth-order valence-electron chi connectivity index (χ4n) is 1.98. The Morgan fingerprint density at radius 3 is 2.44 bits per heavy atom. The molecule has 0 radical (unpaired) electrons. The molecule has 0 amide bonds. The lowest BCUT2D eigenvalue weighted by Crippen LogP contribution is -2.27. The van der Waals surface area contributed by atoms with E-state index >= 15 is 0 Å². The summed E-state index contributed by atoms with van der Waals surface area (Å²) in [6, 6.07) is 8.18. The van der Waals surface area contributed by atoms with Crippen molar-refractivity contribution in [1.29, 1.82) is 0 Å². The first-order valence-corrected chi connectivity index (χ1v) is 12.4. The summed E-state index contributed by atoms with van der Waals surface area (Å²) in [7, 11) is -1.18. The highest BCUT2D eigenvalue weighted by Crippen LogP contribution is 2.13. The van der Waals surface area contributed by atoms with Gasteiger partial charge >= 0.3 is 11.9 Å². The first-order valence-electron chi connectivity index (χ1n) is 8.65. The van der Waals surface area contributed by atoms with Gasteiger partial charge < -0.3 is 14.8 Å². The van der Waals surface area contributed by atoms with Crippen LogP contribution in [0.2, 0.25) is 25.7 Å². The van der Waals surface area contributed by atoms with Crippen molar-refractivity contribution < 1.29 is 19.1 Å². The number of nitrogens with one attached hydrogen (secondary N) is 1. The number of esters is 2. The summed E-state index contributed by atoms with van der Waals surface area (Å²) in [5.74, 6) is -0.596. The van der Waals surface area contributed by atoms with Crippen LogP contribution in [0.3, 0.4) is 0 Å². The van der Waals surface area contributed by atoms with Crippen molar-refractivity contribution in [3.05, 3.63) is 35.4 Å². The molecule has 0 aromatic heterocycles. The minimum atomic E-state index is -1.18. The Kier molecular flexibility index (Phi) is 7.83. The zero-order valence-electron chi connectivity index (χ0n) is 16.3. The molecule has 1 N–H and O–H groups in total. The van der Waals surface area contributed by atoms with E-state index in [1.807, 2.05) is 32.9 Å². The van der Waals surface area contributed by atoms with E-state index in [1.54, 1.807) is 12.1 Å². The molecule has 6 heteroatoms. The van der Waals surface area contributed by atoms with Gasteiger partial charge in [0.2, 0.25) is 0 Å². The summed E-state index contributed by atoms with van der Waals surface area (Å²) in [6.07, 6.45) is 0. The van der Waals surface area contributed by atoms with Crippen LogP contribution < -0.4 is 5.32 Å². The van der Waals surface area contributed by atoms with E-state index < -0.39 is 13.7 Å². The standard InChI is InChI=1S/C19H31NO4Si/c1-19(2,3)24-18(22)16-9-7-8-15(12-16)13-20-14-17(21)23-10-11-25(4,5)6/h7-9,12,20H,10-11,13-14H2,1-6H3. The molecule has 1 aromatic rings. The van der Waals surface area contributed by atoms with Gasteiger partial charge in [0, 0.05) is 14.6 Å². The van der Waals surface area contributed by atoms with Crippen molar-refractivity contribution in [1.82, 2.24) is 5.32 Å². The molecule has 5 nitrogen and oxygen atoms in total. The molecule has 25 heavy (non-hydrogen) atoms. The quantitative estimate of drug-likeness (QED) is 0.563. The van der Waals surface area contributed by atoms with E-state index in [-0.39, 0.29) is 18.5 Å². The SMILES string of the molecule is CC(C)(C)OC(=O)c1cccc(CNCC(=O)OCC[Si](C)(C)C)c1. The van der Waals surface area contributed by atoms with Gasteiger partial charge in [-0.05, 0) is 44.5 Å². The Morgan fingerprint density at radius 2 is 1.84 bits per heavy atom. The van der Waals surface area contributed by atoms with E-state index in [0.717, 1.165) is 11.6 Å². The molecule has 0 saturated carbocycles. The van der Waals surface area contributed by atoms with Crippen molar-refractivity contribution in [2.75, 3.05) is 13.2 Å². The number of ether oxygens (including phenoxy) is 2. The lowest BCUT2D eigenvalue weighted by atomic mass is 10.1. The van der Waals surface area contributed by atoms with Crippen molar-refractivity contribution >= 4 is 20.0 Å². The zero-order valence-corrected chi connectivity index (χ0v) is 17.3. The topological polar surface area (TPSA) is 64.6 Å². The second-order valence-corrected chi connectivity index (χ2v) is 14.0. The molecule has 0 saturated heterocycles. The van der Waals surface area contributed by atoms with Gasteiger partial charge in [-0.25, -0.2) is 4.79 Å². The van der Waals surface area contributed by atoms with Gasteiger partial charge in [0.15, 0.2) is 0 Å². The second kappa shape index (κ2) is 9.15. The summed E-state index contributed by atoms with van der Waals surface area (Å²) in [4.78, 5) is 23.8. The molecule has 0 aliphatic heterocycles. The molecule has 1 aromatic carbocycles. The van der Waals surface area contributed by atoms with Crippen molar-refractivity contribution in [3.8, 4) is 0 Å². The highest BCUT2D eigenvalue weighted by molar-refractivity contribution is 6.76. The van der Waals surface area contributed by atoms with Gasteiger partial charge in [-0.2, -0.15) is 0 Å². The maximum Gasteiger partial charge on any atom is 0.338 e. The van der Waals surface area contributed by atoms with E-state index in [2.05, 4.69) is 25.0 Å². The predicted octanol–water partition coefficient (Wildman–Crippen LogP) is 3.61. The maximum atomic E-state index is 12.1. The molecule has 140 valence electrons. The second-order valence-electron chi connectivity index (χ2n) is 8.34. The fourth-order valence-corrected chi connectivity index (χ4v) is 2.69. The minimum Gasteiger partial charge on any atom is -0.465 e. The Bertz CT molecular complexity index is 588. The van der Waals surface area contributed by atoms with Gasteiger partial charge in [-0.15, -0.1) is 0 Å². The highest BCUT2D eigenvalue weighted by Gasteiger charge is 2.18. The molecular weight excluding hydrogens is 334 g/mol. The third kappa shape index (κ3) is 10.0. The molecule has 0 aliphatic carbocycles. The van der Waals surface area contributed by atoms with Crippen molar-refractivity contribution in [2.24, 2.45) is 0 Å². The summed E-state index contributed by atoms with van der Waals surface area (Å²) < 4.78 is 10.6. The summed E-state index contributed by atoms with van der Waals surface area (Å²) in [5, 5.41) is 3.05. The molecule has 0 spiro atoms. The van der Waals surface area contributed by atoms with E-state index in [0.29, 0.717) is 18.7 Å². The molecular formula is C19H31NO4Si. The fraction of sp³-hybridized carbons (Fsp3) is 0.579. The summed E-state index contributed by atoms with van der Waals surface area (Å²) in [5.41, 5.74) is 0.899. The molecule has 0 bridgehead atoms. The highest BCUT2D eigenvalue weighted by atomic mass is 28.3. The molecule has 0 atom stereocenters. The first kappa shape index (κ1) is 21.4. The number of carbonyl (C=O) groups excluding carboxylic acids is 2. The average Bonchev–Trinajstić information content (AvgIpc) is 2.44. The van der Waals surface area contributed by atoms with Crippen LogP contribution in [0, 0.1) is 0 Å². The Balaban J connectivity index is 2.42. The van der Waals surface area contributed by atoms with Gasteiger partial charge in [-0.3, -0.25) is 4.79 Å². The van der Waals surface area contributed by atoms with Crippen LogP contribution in [0.25, 0.3) is 0 Å². The van der Waals surface area contributed by atoms with Gasteiger partial charge in [0.05, 0.1) is 18.7 Å². The summed E-state index contributed by atoms with van der Waals surface area (Å²) >= 11 is 0. The number of benzene rings is 1. The van der Waals surface area contributed by atoms with Crippen molar-refractivity contribution in [2.45, 2.75) is 58.6 Å². The molecule has 0 heterocycles. The Morgan fingerprint density at radius 1 is 1.16 bits per heavy atom. The maximum absolute atomic E-state index is 12.1. The third-order valence-electron chi connectivity index (χ3n) is 3.28. The van der Waals surface area contributed by atoms with Crippen LogP contribution in [0.15, 0.2) is 24.3 Å². The van der Waals surface area contributed by atoms with E-state index in [1.165, 1.54) is 0 Å². The molecule has 0 aliphatic rings. The van der Waals surface area contributed by atoms with E-state index in [9.17, 15) is 9.59 Å².